The molecule has 0 amide bonds. The van der Waals surface area contributed by atoms with Crippen molar-refractivity contribution >= 4 is 28.3 Å². The lowest BCUT2D eigenvalue weighted by Crippen LogP contribution is -2.48. The number of para-hydroxylation sites is 1. The molecule has 23 heavy (non-hydrogen) atoms. The number of aromatic nitrogens is 1. The lowest BCUT2D eigenvalue weighted by molar-refractivity contribution is 0.116. The van der Waals surface area contributed by atoms with Crippen LogP contribution in [0.4, 0.5) is 5.82 Å². The Morgan fingerprint density at radius 3 is 2.74 bits per heavy atom. The molecule has 1 N–H and O–H groups in total. The van der Waals surface area contributed by atoms with E-state index in [1.54, 1.807) is 0 Å². The normalized spacial score (nSPS) is 18.2. The van der Waals surface area contributed by atoms with E-state index in [1.165, 1.54) is 26.2 Å². The summed E-state index contributed by atoms with van der Waals surface area (Å²) in [5, 5.41) is 5.22. The predicted octanol–water partition coefficient (Wildman–Crippen LogP) is 3.33. The Bertz CT molecular complexity index is 653. The van der Waals surface area contributed by atoms with Gasteiger partial charge in [-0.05, 0) is 38.6 Å². The van der Waals surface area contributed by atoms with Crippen LogP contribution in [0.2, 0.25) is 5.02 Å². The van der Waals surface area contributed by atoms with Gasteiger partial charge in [0.1, 0.15) is 5.82 Å². The molecular formula is C18H25ClN4. The third kappa shape index (κ3) is 4.14. The fraction of sp³-hybridized carbons (Fsp3) is 0.500. The second-order valence-electron chi connectivity index (χ2n) is 6.41. The molecule has 1 atom stereocenters. The van der Waals surface area contributed by atoms with Crippen LogP contribution >= 0.6 is 11.6 Å². The number of benzene rings is 1. The summed E-state index contributed by atoms with van der Waals surface area (Å²) in [5.41, 5.74) is 0.867. The number of nitrogens with zero attached hydrogens (tertiary/aromatic N) is 3. The maximum Gasteiger partial charge on any atom is 0.126 e. The Morgan fingerprint density at radius 2 is 1.96 bits per heavy atom. The maximum absolute atomic E-state index is 6.23. The second-order valence-corrected chi connectivity index (χ2v) is 6.82. The SMILES string of the molecule is C[C@@H](CCNc1ccc2cccc(Cl)c2n1)N1CCN(C)CC1. The van der Waals surface area contributed by atoms with Crippen LogP contribution in [0.25, 0.3) is 10.9 Å². The first-order valence-electron chi connectivity index (χ1n) is 8.35. The highest BCUT2D eigenvalue weighted by molar-refractivity contribution is 6.35. The zero-order valence-corrected chi connectivity index (χ0v) is 14.7. The number of nitrogens with one attached hydrogen (secondary N) is 1. The molecule has 0 aliphatic carbocycles. The Morgan fingerprint density at radius 1 is 1.17 bits per heavy atom. The third-order valence-corrected chi connectivity index (χ3v) is 5.01. The van der Waals surface area contributed by atoms with Gasteiger partial charge in [-0.1, -0.05) is 23.7 Å². The monoisotopic (exact) mass is 332 g/mol. The molecule has 4 nitrogen and oxygen atoms in total. The minimum absolute atomic E-state index is 0.597. The van der Waals surface area contributed by atoms with E-state index in [4.69, 9.17) is 11.6 Å². The molecule has 0 bridgehead atoms. The number of likely N-dealkylation sites (N-methyl/N-ethyl adjacent to an activating group) is 1. The molecule has 124 valence electrons. The van der Waals surface area contributed by atoms with Crippen LogP contribution in [0.5, 0.6) is 0 Å². The molecule has 2 aromatic rings. The molecule has 2 heterocycles. The number of hydrogen-bond donors (Lipinski definition) is 1. The predicted molar refractivity (Wildman–Crippen MR) is 98.4 cm³/mol. The minimum Gasteiger partial charge on any atom is -0.370 e. The summed E-state index contributed by atoms with van der Waals surface area (Å²) < 4.78 is 0. The van der Waals surface area contributed by atoms with Crippen molar-refractivity contribution in [2.75, 3.05) is 45.1 Å². The number of hydrogen-bond acceptors (Lipinski definition) is 4. The minimum atomic E-state index is 0.597. The van der Waals surface area contributed by atoms with E-state index in [0.29, 0.717) is 11.1 Å². The molecule has 1 aliphatic heterocycles. The van der Waals surface area contributed by atoms with Gasteiger partial charge >= 0.3 is 0 Å². The van der Waals surface area contributed by atoms with Crippen molar-refractivity contribution in [2.24, 2.45) is 0 Å². The van der Waals surface area contributed by atoms with Gasteiger partial charge in [-0.15, -0.1) is 0 Å². The van der Waals surface area contributed by atoms with Gasteiger partial charge in [-0.25, -0.2) is 4.98 Å². The summed E-state index contributed by atoms with van der Waals surface area (Å²) in [6, 6.07) is 10.6. The summed E-state index contributed by atoms with van der Waals surface area (Å²) in [4.78, 5) is 9.60. The average molecular weight is 333 g/mol. The van der Waals surface area contributed by atoms with Gasteiger partial charge in [0.25, 0.3) is 0 Å². The Balaban J connectivity index is 1.53. The highest BCUT2D eigenvalue weighted by Gasteiger charge is 2.18. The molecule has 1 aromatic carbocycles. The van der Waals surface area contributed by atoms with Crippen LogP contribution in [0.1, 0.15) is 13.3 Å². The van der Waals surface area contributed by atoms with Crippen molar-refractivity contribution in [1.82, 2.24) is 14.8 Å². The highest BCUT2D eigenvalue weighted by Crippen LogP contribution is 2.23. The van der Waals surface area contributed by atoms with Gasteiger partial charge in [-0.2, -0.15) is 0 Å². The summed E-state index contributed by atoms with van der Waals surface area (Å²) in [5.74, 6) is 0.899. The van der Waals surface area contributed by atoms with Gasteiger partial charge in [0.15, 0.2) is 0 Å². The average Bonchev–Trinajstić information content (AvgIpc) is 2.56. The van der Waals surface area contributed by atoms with Gasteiger partial charge in [0.2, 0.25) is 0 Å². The van der Waals surface area contributed by atoms with Crippen LogP contribution in [0, 0.1) is 0 Å². The lowest BCUT2D eigenvalue weighted by atomic mass is 10.1. The molecule has 0 saturated carbocycles. The Kier molecular flexibility index (Phi) is 5.36. The highest BCUT2D eigenvalue weighted by atomic mass is 35.5. The van der Waals surface area contributed by atoms with Crippen molar-refractivity contribution in [2.45, 2.75) is 19.4 Å². The van der Waals surface area contributed by atoms with Crippen molar-refractivity contribution in [3.8, 4) is 0 Å². The van der Waals surface area contributed by atoms with E-state index in [0.717, 1.165) is 29.7 Å². The largest absolute Gasteiger partial charge is 0.370 e. The Hall–Kier alpha value is -1.36. The van der Waals surface area contributed by atoms with Gasteiger partial charge in [0, 0.05) is 44.2 Å². The van der Waals surface area contributed by atoms with Gasteiger partial charge in [-0.3, -0.25) is 4.90 Å². The molecule has 0 radical (unpaired) electrons. The van der Waals surface area contributed by atoms with Gasteiger partial charge in [0.05, 0.1) is 10.5 Å². The summed E-state index contributed by atoms with van der Waals surface area (Å²) in [7, 11) is 2.19. The van der Waals surface area contributed by atoms with E-state index in [-0.39, 0.29) is 0 Å². The van der Waals surface area contributed by atoms with Crippen LogP contribution in [0.3, 0.4) is 0 Å². The van der Waals surface area contributed by atoms with E-state index in [2.05, 4.69) is 40.1 Å². The van der Waals surface area contributed by atoms with Gasteiger partial charge < -0.3 is 10.2 Å². The Labute approximate surface area is 143 Å². The van der Waals surface area contributed by atoms with Crippen molar-refractivity contribution < 1.29 is 0 Å². The molecule has 3 rings (SSSR count). The first-order valence-corrected chi connectivity index (χ1v) is 8.73. The number of anilines is 1. The van der Waals surface area contributed by atoms with Crippen molar-refractivity contribution in [3.63, 3.8) is 0 Å². The quantitative estimate of drug-likeness (QED) is 0.910. The molecule has 5 heteroatoms. The molecule has 1 aliphatic rings. The van der Waals surface area contributed by atoms with Crippen molar-refractivity contribution in [1.29, 1.82) is 0 Å². The molecule has 0 spiro atoms. The van der Waals surface area contributed by atoms with Crippen LogP contribution in [0.15, 0.2) is 30.3 Å². The van der Waals surface area contributed by atoms with Crippen molar-refractivity contribution in [3.05, 3.63) is 35.4 Å². The number of rotatable bonds is 5. The summed E-state index contributed by atoms with van der Waals surface area (Å²) >= 11 is 6.23. The first kappa shape index (κ1) is 16.5. The summed E-state index contributed by atoms with van der Waals surface area (Å²) in [6.07, 6.45) is 1.12. The zero-order chi connectivity index (χ0) is 16.2. The fourth-order valence-corrected chi connectivity index (χ4v) is 3.29. The molecule has 1 aromatic heterocycles. The number of halogens is 1. The second kappa shape index (κ2) is 7.47. The van der Waals surface area contributed by atoms with Crippen LogP contribution < -0.4 is 5.32 Å². The summed E-state index contributed by atoms with van der Waals surface area (Å²) in [6.45, 7) is 7.92. The topological polar surface area (TPSA) is 31.4 Å². The third-order valence-electron chi connectivity index (χ3n) is 4.70. The van der Waals surface area contributed by atoms with Crippen LogP contribution in [-0.4, -0.2) is 60.6 Å². The standard InChI is InChI=1S/C18H25ClN4/c1-14(23-12-10-22(2)11-13-23)8-9-20-17-7-6-15-4-3-5-16(19)18(15)21-17/h3-7,14H,8-13H2,1-2H3,(H,20,21)/t14-/m0/s1. The number of fused-ring (bicyclic) bond motifs is 1. The molecule has 0 unspecified atom stereocenters. The maximum atomic E-state index is 6.23. The fourth-order valence-electron chi connectivity index (χ4n) is 3.06. The smallest absolute Gasteiger partial charge is 0.126 e. The van der Waals surface area contributed by atoms with E-state index in [9.17, 15) is 0 Å². The molecule has 1 saturated heterocycles. The zero-order valence-electron chi connectivity index (χ0n) is 13.9. The number of piperazine rings is 1. The molecular weight excluding hydrogens is 308 g/mol. The van der Waals surface area contributed by atoms with E-state index >= 15 is 0 Å². The van der Waals surface area contributed by atoms with E-state index < -0.39 is 0 Å². The van der Waals surface area contributed by atoms with Crippen LogP contribution in [-0.2, 0) is 0 Å². The van der Waals surface area contributed by atoms with E-state index in [1.807, 2.05) is 24.3 Å². The first-order chi connectivity index (χ1) is 11.1. The lowest BCUT2D eigenvalue weighted by Gasteiger charge is -2.36. The number of pyridine rings is 1. The molecule has 1 fully saturated rings.